The Bertz CT molecular complexity index is 1580. The molecule has 0 radical (unpaired) electrons. The summed E-state index contributed by atoms with van der Waals surface area (Å²) in [4.78, 5) is 20.5. The molecule has 2 aromatic heterocycles. The first-order chi connectivity index (χ1) is 18.8. The van der Waals surface area contributed by atoms with Gasteiger partial charge < -0.3 is 14.8 Å². The number of fused-ring (bicyclic) bond motifs is 1. The van der Waals surface area contributed by atoms with Gasteiger partial charge in [0, 0.05) is 26.1 Å². The molecule has 11 heteroatoms. The Labute approximate surface area is 228 Å². The van der Waals surface area contributed by atoms with Gasteiger partial charge in [-0.15, -0.1) is 5.10 Å². The number of hydrogen-bond acceptors (Lipinski definition) is 7. The molecule has 0 aliphatic carbocycles. The van der Waals surface area contributed by atoms with Crippen LogP contribution in [0.2, 0.25) is 0 Å². The van der Waals surface area contributed by atoms with E-state index in [-0.39, 0.29) is 36.0 Å². The van der Waals surface area contributed by atoms with Gasteiger partial charge in [0.1, 0.15) is 11.6 Å². The molecule has 4 rings (SSSR count). The summed E-state index contributed by atoms with van der Waals surface area (Å²) in [7, 11) is -3.95. The zero-order valence-electron chi connectivity index (χ0n) is 22.6. The molecule has 2 heterocycles. The average Bonchev–Trinajstić information content (AvgIpc) is 3.24. The Morgan fingerprint density at radius 2 is 1.87 bits per heavy atom. The number of nitrogens with zero attached hydrogens (tertiary/aromatic N) is 4. The number of imidazole rings is 1. The number of benzene rings is 2. The van der Waals surface area contributed by atoms with E-state index in [0.29, 0.717) is 54.2 Å². The molecule has 0 saturated carbocycles. The number of nitrogens with one attached hydrogen (secondary N) is 1. The van der Waals surface area contributed by atoms with E-state index in [4.69, 9.17) is 4.74 Å². The van der Waals surface area contributed by atoms with Crippen molar-refractivity contribution in [3.63, 3.8) is 0 Å². The molecule has 4 aromatic rings. The van der Waals surface area contributed by atoms with E-state index in [2.05, 4.69) is 15.1 Å². The lowest BCUT2D eigenvalue weighted by molar-refractivity contribution is 0.275. The van der Waals surface area contributed by atoms with E-state index in [0.717, 1.165) is 12.0 Å². The lowest BCUT2D eigenvalue weighted by atomic mass is 10.2. The highest BCUT2D eigenvalue weighted by Crippen LogP contribution is 2.32. The van der Waals surface area contributed by atoms with Crippen LogP contribution in [0, 0.1) is 6.92 Å². The zero-order chi connectivity index (χ0) is 28.0. The van der Waals surface area contributed by atoms with E-state index < -0.39 is 10.0 Å². The van der Waals surface area contributed by atoms with Crippen molar-refractivity contribution in [2.24, 2.45) is 0 Å². The molecule has 2 aromatic carbocycles. The summed E-state index contributed by atoms with van der Waals surface area (Å²) in [6.07, 6.45) is 2.47. The van der Waals surface area contributed by atoms with Gasteiger partial charge in [-0.2, -0.15) is 4.31 Å². The fourth-order valence-electron chi connectivity index (χ4n) is 4.50. The summed E-state index contributed by atoms with van der Waals surface area (Å²) < 4.78 is 36.6. The number of aliphatic hydroxyl groups excluding tert-OH is 1. The van der Waals surface area contributed by atoms with Gasteiger partial charge in [0.05, 0.1) is 22.8 Å². The number of aromatic amines is 1. The number of aryl methyl sites for hydroxylation is 2. The van der Waals surface area contributed by atoms with Gasteiger partial charge >= 0.3 is 0 Å². The maximum absolute atomic E-state index is 13.9. The van der Waals surface area contributed by atoms with Gasteiger partial charge in [0.2, 0.25) is 10.0 Å². The molecule has 0 unspecified atom stereocenters. The minimum Gasteiger partial charge on any atom is -0.493 e. The number of aliphatic hydroxyl groups is 1. The lowest BCUT2D eigenvalue weighted by Crippen LogP contribution is -2.32. The normalized spacial score (nSPS) is 11.9. The molecule has 208 valence electrons. The standard InChI is InChI=1S/C28H35N5O5S/c1-4-11-25-29-20(3)26-28(35)30-27(31-33(25)26)23-18-22(14-15-24(23)38-5-2)39(36,37)32(16-9-10-17-34)19-21-12-7-6-8-13-21/h6-8,12-15,18,34H,4-5,9-11,16-17,19H2,1-3H3,(H,30,31,35). The van der Waals surface area contributed by atoms with E-state index in [1.54, 1.807) is 17.5 Å². The third kappa shape index (κ3) is 6.21. The molecule has 10 nitrogen and oxygen atoms in total. The Hall–Kier alpha value is -3.54. The Balaban J connectivity index is 1.82. The number of rotatable bonds is 13. The first kappa shape index (κ1) is 28.5. The molecule has 0 atom stereocenters. The minimum atomic E-state index is -3.95. The predicted octanol–water partition coefficient (Wildman–Crippen LogP) is 3.71. The number of unbranched alkanes of at least 4 members (excludes halogenated alkanes) is 1. The number of sulfonamides is 1. The Morgan fingerprint density at radius 3 is 2.56 bits per heavy atom. The summed E-state index contributed by atoms with van der Waals surface area (Å²) in [5.41, 5.74) is 1.80. The molecule has 0 fully saturated rings. The van der Waals surface area contributed by atoms with E-state index in [1.165, 1.54) is 16.4 Å². The van der Waals surface area contributed by atoms with Gasteiger partial charge in [-0.3, -0.25) is 4.79 Å². The molecule has 0 aliphatic rings. The first-order valence-electron chi connectivity index (χ1n) is 13.2. The second-order valence-corrected chi connectivity index (χ2v) is 11.2. The third-order valence-electron chi connectivity index (χ3n) is 6.38. The van der Waals surface area contributed by atoms with Crippen molar-refractivity contribution in [3.8, 4) is 17.1 Å². The molecule has 0 spiro atoms. The molecule has 0 aliphatic heterocycles. The van der Waals surface area contributed by atoms with Crippen molar-refractivity contribution in [2.45, 2.75) is 57.9 Å². The highest BCUT2D eigenvalue weighted by Gasteiger charge is 2.27. The van der Waals surface area contributed by atoms with Crippen LogP contribution in [0.4, 0.5) is 0 Å². The van der Waals surface area contributed by atoms with Crippen molar-refractivity contribution in [2.75, 3.05) is 19.8 Å². The second-order valence-electron chi connectivity index (χ2n) is 9.27. The van der Waals surface area contributed by atoms with Gasteiger partial charge in [-0.25, -0.2) is 17.9 Å². The number of ether oxygens (including phenoxy) is 1. The minimum absolute atomic E-state index is 0.0122. The van der Waals surface area contributed by atoms with Crippen molar-refractivity contribution in [1.82, 2.24) is 23.9 Å². The van der Waals surface area contributed by atoms with Crippen LogP contribution < -0.4 is 10.3 Å². The van der Waals surface area contributed by atoms with E-state index in [1.807, 2.05) is 44.2 Å². The summed E-state index contributed by atoms with van der Waals surface area (Å²) >= 11 is 0. The van der Waals surface area contributed by atoms with Crippen LogP contribution in [-0.2, 0) is 23.0 Å². The van der Waals surface area contributed by atoms with Crippen LogP contribution in [-0.4, -0.2) is 57.2 Å². The van der Waals surface area contributed by atoms with Crippen molar-refractivity contribution in [1.29, 1.82) is 0 Å². The van der Waals surface area contributed by atoms with E-state index in [9.17, 15) is 18.3 Å². The molecule has 0 saturated heterocycles. The number of aromatic nitrogens is 4. The maximum atomic E-state index is 13.9. The van der Waals surface area contributed by atoms with Crippen LogP contribution in [0.5, 0.6) is 5.75 Å². The number of hydrogen-bond donors (Lipinski definition) is 2. The lowest BCUT2D eigenvalue weighted by Gasteiger charge is -2.23. The SMILES string of the molecule is CCCc1nc(C)c2c(=O)[nH]c(-c3cc(S(=O)(=O)N(CCCCO)Cc4ccccc4)ccc3OCC)nn12. The van der Waals surface area contributed by atoms with Gasteiger partial charge in [-0.05, 0) is 56.9 Å². The van der Waals surface area contributed by atoms with Gasteiger partial charge in [0.25, 0.3) is 5.56 Å². The first-order valence-corrected chi connectivity index (χ1v) is 14.6. The monoisotopic (exact) mass is 553 g/mol. The molecular weight excluding hydrogens is 518 g/mol. The quantitative estimate of drug-likeness (QED) is 0.241. The Kier molecular flexibility index (Phi) is 9.16. The van der Waals surface area contributed by atoms with Crippen LogP contribution in [0.1, 0.15) is 50.2 Å². The third-order valence-corrected chi connectivity index (χ3v) is 8.22. The smallest absolute Gasteiger partial charge is 0.277 e. The topological polar surface area (TPSA) is 130 Å². The molecule has 2 N–H and O–H groups in total. The number of H-pyrrole nitrogens is 1. The zero-order valence-corrected chi connectivity index (χ0v) is 23.4. The summed E-state index contributed by atoms with van der Waals surface area (Å²) in [5, 5.41) is 13.9. The highest BCUT2D eigenvalue weighted by molar-refractivity contribution is 7.89. The average molecular weight is 554 g/mol. The van der Waals surface area contributed by atoms with Crippen LogP contribution in [0.15, 0.2) is 58.2 Å². The van der Waals surface area contributed by atoms with Crippen LogP contribution in [0.3, 0.4) is 0 Å². The molecular formula is C28H35N5O5S. The summed E-state index contributed by atoms with van der Waals surface area (Å²) in [6.45, 7) is 6.38. The summed E-state index contributed by atoms with van der Waals surface area (Å²) in [5.74, 6) is 1.26. The molecule has 39 heavy (non-hydrogen) atoms. The van der Waals surface area contributed by atoms with Gasteiger partial charge in [0.15, 0.2) is 11.3 Å². The molecule has 0 bridgehead atoms. The fraction of sp³-hybridized carbons (Fsp3) is 0.393. The summed E-state index contributed by atoms with van der Waals surface area (Å²) in [6, 6.07) is 14.0. The maximum Gasteiger partial charge on any atom is 0.277 e. The van der Waals surface area contributed by atoms with Gasteiger partial charge in [-0.1, -0.05) is 37.3 Å². The fourth-order valence-corrected chi connectivity index (χ4v) is 5.99. The predicted molar refractivity (Wildman–Crippen MR) is 149 cm³/mol. The molecule has 0 amide bonds. The van der Waals surface area contributed by atoms with Crippen molar-refractivity contribution in [3.05, 3.63) is 76.0 Å². The second kappa shape index (κ2) is 12.5. The van der Waals surface area contributed by atoms with Crippen molar-refractivity contribution >= 4 is 15.5 Å². The Morgan fingerprint density at radius 1 is 1.10 bits per heavy atom. The van der Waals surface area contributed by atoms with Crippen LogP contribution in [0.25, 0.3) is 16.9 Å². The highest BCUT2D eigenvalue weighted by atomic mass is 32.2. The van der Waals surface area contributed by atoms with Crippen LogP contribution >= 0.6 is 0 Å². The van der Waals surface area contributed by atoms with E-state index >= 15 is 0 Å². The largest absolute Gasteiger partial charge is 0.493 e. The van der Waals surface area contributed by atoms with Crippen molar-refractivity contribution < 1.29 is 18.3 Å².